The minimum atomic E-state index is -4.21. The summed E-state index contributed by atoms with van der Waals surface area (Å²) in [7, 11) is 0. The summed E-state index contributed by atoms with van der Waals surface area (Å²) in [5.74, 6) is 0. The third-order valence-electron chi connectivity index (χ3n) is 0.111. The van der Waals surface area contributed by atoms with Crippen molar-refractivity contribution >= 4 is 0 Å². The molecule has 0 rings (SSSR count). The van der Waals surface area contributed by atoms with Gasteiger partial charge in [0.15, 0.2) is 0 Å². The third-order valence-corrected chi connectivity index (χ3v) is 7.44. The Kier molecular flexibility index (Phi) is 15.4. The van der Waals surface area contributed by atoms with E-state index in [9.17, 15) is 13.6 Å². The number of hydrogen-bond acceptors (Lipinski definition) is 5. The van der Waals surface area contributed by atoms with E-state index in [1.54, 1.807) is 0 Å². The van der Waals surface area contributed by atoms with E-state index in [4.69, 9.17) is 0 Å². The Morgan fingerprint density at radius 3 is 1.00 bits per heavy atom. The molecule has 0 bridgehead atoms. The van der Waals surface area contributed by atoms with Crippen LogP contribution in [0.1, 0.15) is 0 Å². The molecule has 0 radical (unpaired) electrons. The van der Waals surface area contributed by atoms with Gasteiger partial charge in [-0.05, 0) is 0 Å². The maximum atomic E-state index is 9.40. The van der Waals surface area contributed by atoms with E-state index in [0.717, 1.165) is 0 Å². The Bertz CT molecular complexity index is 141. The molecular weight excluding hydrogens is 472 g/mol. The molecule has 7 heteroatoms. The van der Waals surface area contributed by atoms with Gasteiger partial charge in [-0.3, -0.25) is 0 Å². The first-order valence-corrected chi connectivity index (χ1v) is 8.19. The molecular formula is C2H6O5W2-2. The molecule has 0 fully saturated rings. The van der Waals surface area contributed by atoms with Crippen LogP contribution in [0, 0.1) is 14.9 Å². The summed E-state index contributed by atoms with van der Waals surface area (Å²) in [5, 5.41) is 0. The van der Waals surface area contributed by atoms with Gasteiger partial charge in [0, 0.05) is 0 Å². The van der Waals surface area contributed by atoms with Gasteiger partial charge in [0.25, 0.3) is 0 Å². The predicted molar refractivity (Wildman–Crippen MR) is 16.7 cm³/mol. The van der Waals surface area contributed by atoms with Crippen molar-refractivity contribution in [1.29, 1.82) is 0 Å². The summed E-state index contributed by atoms with van der Waals surface area (Å²) in [6.45, 7) is 0. The Morgan fingerprint density at radius 1 is 0.778 bits per heavy atom. The Hall–Kier alpha value is 0.537. The molecule has 0 amide bonds. The molecule has 0 N–H and O–H groups in total. The summed E-state index contributed by atoms with van der Waals surface area (Å²) < 4.78 is 41.0. The van der Waals surface area contributed by atoms with E-state index >= 15 is 0 Å². The standard InChI is InChI=1S/2CH3.5O.2W/h2*1H3;;;;;;;/q2*-1;;;;;;;. The average molecular weight is 478 g/mol. The average Bonchev–Trinajstić information content (AvgIpc) is 1.27. The first-order chi connectivity index (χ1) is 3.13. The van der Waals surface area contributed by atoms with Crippen molar-refractivity contribution in [3.8, 4) is 0 Å². The van der Waals surface area contributed by atoms with Crippen molar-refractivity contribution in [3.63, 3.8) is 0 Å². The Balaban J connectivity index is -0.000000180. The molecule has 0 saturated heterocycles. The first-order valence-electron chi connectivity index (χ1n) is 1.00. The van der Waals surface area contributed by atoms with Crippen molar-refractivity contribution < 1.29 is 50.9 Å². The van der Waals surface area contributed by atoms with Crippen LogP contribution in [-0.4, -0.2) is 0 Å². The van der Waals surface area contributed by atoms with Gasteiger partial charge in [-0.2, -0.15) is 0 Å². The van der Waals surface area contributed by atoms with Gasteiger partial charge in [-0.25, -0.2) is 0 Å². The minimum absolute atomic E-state index is 0. The molecule has 0 aliphatic heterocycles. The van der Waals surface area contributed by atoms with E-state index in [1.807, 2.05) is 0 Å². The fourth-order valence-electron chi connectivity index (χ4n) is 0.0454. The normalized spacial score (nSPS) is 6.22. The predicted octanol–water partition coefficient (Wildman–Crippen LogP) is 0.352. The molecule has 0 aromatic heterocycles. The van der Waals surface area contributed by atoms with Crippen LogP contribution in [0.4, 0.5) is 0 Å². The van der Waals surface area contributed by atoms with Gasteiger partial charge in [0.1, 0.15) is 0 Å². The second-order valence-corrected chi connectivity index (χ2v) is 7.90. The molecule has 58 valence electrons. The van der Waals surface area contributed by atoms with E-state index in [2.05, 4.69) is 2.04 Å². The number of hydrogen-bond donors (Lipinski definition) is 0. The SMILES string of the molecule is [CH3-].[CH3-].[O]=[W](=[O])[O][W](=[O])=[O]. The fourth-order valence-corrected chi connectivity index (χ4v) is 3.04. The van der Waals surface area contributed by atoms with Gasteiger partial charge in [0.05, 0.1) is 0 Å². The summed E-state index contributed by atoms with van der Waals surface area (Å²) in [5.41, 5.74) is 0. The summed E-state index contributed by atoms with van der Waals surface area (Å²) >= 11 is -8.42. The van der Waals surface area contributed by atoms with Crippen LogP contribution in [0.25, 0.3) is 0 Å². The molecule has 0 aromatic rings. The molecule has 0 aliphatic rings. The van der Waals surface area contributed by atoms with Gasteiger partial charge in [0.2, 0.25) is 0 Å². The molecule has 5 nitrogen and oxygen atoms in total. The van der Waals surface area contributed by atoms with Crippen LogP contribution < -0.4 is 0 Å². The van der Waals surface area contributed by atoms with Gasteiger partial charge >= 0.3 is 50.9 Å². The van der Waals surface area contributed by atoms with E-state index in [1.165, 1.54) is 0 Å². The zero-order valence-electron chi connectivity index (χ0n) is 4.86. The number of rotatable bonds is 2. The van der Waals surface area contributed by atoms with Crippen LogP contribution >= 0.6 is 0 Å². The van der Waals surface area contributed by atoms with Crippen LogP contribution in [0.2, 0.25) is 0 Å². The zero-order chi connectivity index (χ0) is 5.86. The zero-order valence-corrected chi connectivity index (χ0v) is 10.7. The quantitative estimate of drug-likeness (QED) is 0.537. The molecule has 0 aromatic carbocycles. The van der Waals surface area contributed by atoms with Gasteiger partial charge in [-0.1, -0.05) is 0 Å². The topological polar surface area (TPSA) is 77.5 Å². The molecule has 0 atom stereocenters. The Labute approximate surface area is 65.6 Å². The Morgan fingerprint density at radius 2 is 1.00 bits per heavy atom. The molecule has 0 spiro atoms. The van der Waals surface area contributed by atoms with Crippen molar-refractivity contribution in [2.75, 3.05) is 0 Å². The fraction of sp³-hybridized carbons (Fsp3) is 0. The van der Waals surface area contributed by atoms with E-state index in [-0.39, 0.29) is 14.9 Å². The second-order valence-electron chi connectivity index (χ2n) is 0.476. The summed E-state index contributed by atoms with van der Waals surface area (Å²) in [6, 6.07) is 0. The van der Waals surface area contributed by atoms with Crippen LogP contribution in [0.3, 0.4) is 0 Å². The van der Waals surface area contributed by atoms with Gasteiger partial charge in [-0.15, -0.1) is 0 Å². The molecule has 0 heterocycles. The van der Waals surface area contributed by atoms with Crippen LogP contribution in [-0.2, 0) is 50.9 Å². The van der Waals surface area contributed by atoms with Crippen molar-refractivity contribution in [3.05, 3.63) is 14.9 Å². The van der Waals surface area contributed by atoms with Crippen LogP contribution in [0.15, 0.2) is 0 Å². The van der Waals surface area contributed by atoms with Gasteiger partial charge < -0.3 is 14.9 Å². The third kappa shape index (κ3) is 17.7. The summed E-state index contributed by atoms with van der Waals surface area (Å²) in [4.78, 5) is 0. The second kappa shape index (κ2) is 8.54. The van der Waals surface area contributed by atoms with E-state index < -0.39 is 35.2 Å². The first kappa shape index (κ1) is 16.3. The van der Waals surface area contributed by atoms with Crippen molar-refractivity contribution in [2.24, 2.45) is 0 Å². The van der Waals surface area contributed by atoms with Crippen molar-refractivity contribution in [2.45, 2.75) is 0 Å². The molecule has 0 unspecified atom stereocenters. The monoisotopic (exact) mass is 478 g/mol. The van der Waals surface area contributed by atoms with Crippen molar-refractivity contribution in [1.82, 2.24) is 0 Å². The molecule has 0 saturated carbocycles. The molecule has 9 heavy (non-hydrogen) atoms. The maximum absolute atomic E-state index is 9.40. The molecule has 0 aliphatic carbocycles. The van der Waals surface area contributed by atoms with E-state index in [0.29, 0.717) is 0 Å². The summed E-state index contributed by atoms with van der Waals surface area (Å²) in [6.07, 6.45) is 0. The van der Waals surface area contributed by atoms with Crippen LogP contribution in [0.5, 0.6) is 0 Å².